The highest BCUT2D eigenvalue weighted by Crippen LogP contribution is 2.40. The monoisotopic (exact) mass is 398 g/mol. The van der Waals surface area contributed by atoms with E-state index in [9.17, 15) is 40.3 Å². The number of esters is 2. The Labute approximate surface area is 144 Å². The molecule has 152 valence electrons. The summed E-state index contributed by atoms with van der Waals surface area (Å²) in [5.74, 6) is -17.7. The van der Waals surface area contributed by atoms with Gasteiger partial charge in [0.1, 0.15) is 0 Å². The Morgan fingerprint density at radius 3 is 1.88 bits per heavy atom. The molecule has 26 heavy (non-hydrogen) atoms. The fraction of sp³-hybridized carbons (Fsp3) is 0.714. The number of carbonyl (C=O) groups excluding carboxylic acids is 2. The van der Waals surface area contributed by atoms with Crippen LogP contribution < -0.4 is 0 Å². The zero-order chi connectivity index (χ0) is 21.0. The smallest absolute Gasteiger partial charge is 0.461 e. The van der Waals surface area contributed by atoms with Gasteiger partial charge in [0.25, 0.3) is 0 Å². The van der Waals surface area contributed by atoms with E-state index in [-0.39, 0.29) is 6.92 Å². The minimum Gasteiger partial charge on any atom is -0.461 e. The van der Waals surface area contributed by atoms with Crippen molar-refractivity contribution >= 4 is 11.9 Å². The maximum Gasteiger partial charge on any atom is 0.468 e. The molecular formula is C14H17F7O5. The van der Waals surface area contributed by atoms with E-state index in [1.54, 1.807) is 0 Å². The van der Waals surface area contributed by atoms with Crippen LogP contribution in [0.25, 0.3) is 0 Å². The fourth-order valence-corrected chi connectivity index (χ4v) is 1.37. The maximum absolute atomic E-state index is 13.4. The van der Waals surface area contributed by atoms with Gasteiger partial charge in [-0.2, -0.15) is 22.0 Å². The van der Waals surface area contributed by atoms with Crippen LogP contribution in [0.2, 0.25) is 0 Å². The number of alkyl halides is 7. The van der Waals surface area contributed by atoms with Crippen molar-refractivity contribution in [3.05, 3.63) is 12.2 Å². The molecule has 5 nitrogen and oxygen atoms in total. The van der Waals surface area contributed by atoms with Gasteiger partial charge >= 0.3 is 35.7 Å². The van der Waals surface area contributed by atoms with Gasteiger partial charge in [0.2, 0.25) is 0 Å². The Bertz CT molecular complexity index is 539. The summed E-state index contributed by atoms with van der Waals surface area (Å²) in [6.07, 6.45) is -7.65. The first-order chi connectivity index (χ1) is 11.5. The summed E-state index contributed by atoms with van der Waals surface area (Å²) in [4.78, 5) is 23.2. The third kappa shape index (κ3) is 5.58. The van der Waals surface area contributed by atoms with E-state index in [0.29, 0.717) is 0 Å². The van der Waals surface area contributed by atoms with Crippen LogP contribution in [0.1, 0.15) is 27.2 Å². The van der Waals surface area contributed by atoms with E-state index in [4.69, 9.17) is 0 Å². The molecule has 12 heteroatoms. The summed E-state index contributed by atoms with van der Waals surface area (Å²) in [5.41, 5.74) is -0.572. The minimum absolute atomic E-state index is 0.142. The lowest BCUT2D eigenvalue weighted by Crippen LogP contribution is -2.58. The van der Waals surface area contributed by atoms with E-state index < -0.39 is 61.0 Å². The predicted molar refractivity (Wildman–Crippen MR) is 72.5 cm³/mol. The third-order valence-corrected chi connectivity index (χ3v) is 2.87. The van der Waals surface area contributed by atoms with Gasteiger partial charge in [0.05, 0.1) is 13.2 Å². The molecule has 1 unspecified atom stereocenters. The van der Waals surface area contributed by atoms with E-state index in [2.05, 4.69) is 20.8 Å². The zero-order valence-electron chi connectivity index (χ0n) is 14.0. The zero-order valence-corrected chi connectivity index (χ0v) is 14.0. The van der Waals surface area contributed by atoms with Crippen molar-refractivity contribution in [1.29, 1.82) is 0 Å². The first kappa shape index (κ1) is 24.1. The van der Waals surface area contributed by atoms with Gasteiger partial charge in [-0.1, -0.05) is 6.58 Å². The molecule has 0 bridgehead atoms. The van der Waals surface area contributed by atoms with Crippen molar-refractivity contribution in [2.45, 2.75) is 51.0 Å². The Hall–Kier alpha value is -1.85. The third-order valence-electron chi connectivity index (χ3n) is 2.87. The molecule has 0 saturated heterocycles. The second-order valence-electron chi connectivity index (χ2n) is 5.20. The van der Waals surface area contributed by atoms with Crippen LogP contribution in [-0.2, 0) is 23.8 Å². The lowest BCUT2D eigenvalue weighted by Gasteiger charge is -2.33. The van der Waals surface area contributed by atoms with E-state index in [1.807, 2.05) is 0 Å². The van der Waals surface area contributed by atoms with Crippen LogP contribution in [-0.4, -0.2) is 49.0 Å². The molecule has 0 fully saturated rings. The predicted octanol–water partition coefficient (Wildman–Crippen LogP) is 3.62. The molecule has 0 radical (unpaired) electrons. The van der Waals surface area contributed by atoms with Crippen molar-refractivity contribution in [1.82, 2.24) is 0 Å². The second-order valence-corrected chi connectivity index (χ2v) is 5.20. The first-order valence-corrected chi connectivity index (χ1v) is 7.04. The van der Waals surface area contributed by atoms with Gasteiger partial charge < -0.3 is 14.2 Å². The molecular weight excluding hydrogens is 381 g/mol. The van der Waals surface area contributed by atoms with Crippen LogP contribution >= 0.6 is 0 Å². The van der Waals surface area contributed by atoms with Crippen molar-refractivity contribution in [3.63, 3.8) is 0 Å². The van der Waals surface area contributed by atoms with Crippen LogP contribution in [0.15, 0.2) is 12.2 Å². The SMILES string of the molecule is C=C(C)C(=O)OC(OCCC(F)(F)C(C)(F)F)(C(=O)OCC)C(F)(F)F. The Kier molecular flexibility index (Phi) is 7.64. The highest BCUT2D eigenvalue weighted by atomic mass is 19.4. The molecule has 0 aliphatic heterocycles. The standard InChI is InChI=1S/C14H17F7O5/c1-5-24-10(23)13(14(19,20)21,26-9(22)8(2)3)25-7-6-12(17,18)11(4,15)16/h2,5-7H2,1,3-4H3. The van der Waals surface area contributed by atoms with Crippen molar-refractivity contribution < 1.29 is 54.5 Å². The Morgan fingerprint density at radius 2 is 1.54 bits per heavy atom. The summed E-state index contributed by atoms with van der Waals surface area (Å²) in [5, 5.41) is 0. The average molecular weight is 398 g/mol. The Morgan fingerprint density at radius 1 is 1.04 bits per heavy atom. The van der Waals surface area contributed by atoms with Crippen LogP contribution in [0, 0.1) is 0 Å². The van der Waals surface area contributed by atoms with Gasteiger partial charge in [0, 0.05) is 18.9 Å². The van der Waals surface area contributed by atoms with Crippen LogP contribution in [0.5, 0.6) is 0 Å². The van der Waals surface area contributed by atoms with E-state index in [1.165, 1.54) is 0 Å². The molecule has 0 rings (SSSR count). The van der Waals surface area contributed by atoms with Crippen LogP contribution in [0.3, 0.4) is 0 Å². The first-order valence-electron chi connectivity index (χ1n) is 7.04. The van der Waals surface area contributed by atoms with Crippen molar-refractivity contribution in [3.8, 4) is 0 Å². The van der Waals surface area contributed by atoms with Gasteiger partial charge in [-0.05, 0) is 13.8 Å². The molecule has 0 amide bonds. The molecule has 0 aliphatic rings. The molecule has 1 atom stereocenters. The summed E-state index contributed by atoms with van der Waals surface area (Å²) in [6.45, 7) is 2.63. The van der Waals surface area contributed by atoms with Gasteiger partial charge in [-0.15, -0.1) is 0 Å². The van der Waals surface area contributed by atoms with Crippen molar-refractivity contribution in [2.75, 3.05) is 13.2 Å². The molecule has 0 N–H and O–H groups in total. The fourth-order valence-electron chi connectivity index (χ4n) is 1.37. The number of hydrogen-bond donors (Lipinski definition) is 0. The maximum atomic E-state index is 13.4. The highest BCUT2D eigenvalue weighted by Gasteiger charge is 2.68. The van der Waals surface area contributed by atoms with Crippen LogP contribution in [0.4, 0.5) is 30.7 Å². The topological polar surface area (TPSA) is 61.8 Å². The molecule has 0 heterocycles. The molecule has 0 saturated carbocycles. The molecule has 0 aromatic rings. The summed E-state index contributed by atoms with van der Waals surface area (Å²) >= 11 is 0. The number of carbonyl (C=O) groups is 2. The molecule has 0 spiro atoms. The quantitative estimate of drug-likeness (QED) is 0.257. The van der Waals surface area contributed by atoms with E-state index >= 15 is 0 Å². The largest absolute Gasteiger partial charge is 0.468 e. The number of halogens is 7. The van der Waals surface area contributed by atoms with E-state index in [0.717, 1.165) is 13.8 Å². The van der Waals surface area contributed by atoms with Crippen molar-refractivity contribution in [2.24, 2.45) is 0 Å². The Balaban J connectivity index is 5.72. The average Bonchev–Trinajstić information content (AvgIpc) is 2.43. The summed E-state index contributed by atoms with van der Waals surface area (Å²) < 4.78 is 104. The summed E-state index contributed by atoms with van der Waals surface area (Å²) in [7, 11) is 0. The molecule has 0 aliphatic carbocycles. The summed E-state index contributed by atoms with van der Waals surface area (Å²) in [6, 6.07) is 0. The number of rotatable bonds is 9. The van der Waals surface area contributed by atoms with Gasteiger partial charge in [-0.3, -0.25) is 0 Å². The lowest BCUT2D eigenvalue weighted by molar-refractivity contribution is -0.357. The molecule has 0 aromatic carbocycles. The number of ether oxygens (including phenoxy) is 3. The second kappa shape index (κ2) is 8.23. The highest BCUT2D eigenvalue weighted by molar-refractivity contribution is 5.90. The lowest BCUT2D eigenvalue weighted by atomic mass is 10.1. The number of hydrogen-bond acceptors (Lipinski definition) is 5. The normalized spacial score (nSPS) is 15.2. The van der Waals surface area contributed by atoms with Gasteiger partial charge in [-0.25, -0.2) is 18.4 Å². The molecule has 0 aromatic heterocycles. The minimum atomic E-state index is -5.76. The van der Waals surface area contributed by atoms with Gasteiger partial charge in [0.15, 0.2) is 0 Å².